The van der Waals surface area contributed by atoms with Crippen molar-refractivity contribution < 1.29 is 9.90 Å². The number of carboxylic acids is 1. The van der Waals surface area contributed by atoms with Gasteiger partial charge in [-0.05, 0) is 47.7 Å². The molecule has 0 spiro atoms. The molecule has 0 fully saturated rings. The van der Waals surface area contributed by atoms with Gasteiger partial charge in [0.1, 0.15) is 5.82 Å². The quantitative estimate of drug-likeness (QED) is 0.265. The lowest BCUT2D eigenvalue weighted by Crippen LogP contribution is -2.10. The number of imidazole rings is 1. The number of nitrogens with zero attached hydrogens (tertiary/aromatic N) is 2. The average Bonchev–Trinajstić information content (AvgIpc) is 3.26. The fourth-order valence-electron chi connectivity index (χ4n) is 4.81. The molecule has 35 heavy (non-hydrogen) atoms. The van der Waals surface area contributed by atoms with E-state index in [1.807, 2.05) is 12.1 Å². The Morgan fingerprint density at radius 1 is 0.771 bits per heavy atom. The number of carbonyl (C=O) groups is 1. The predicted octanol–water partition coefficient (Wildman–Crippen LogP) is 6.74. The molecule has 0 aliphatic carbocycles. The van der Waals surface area contributed by atoms with Crippen LogP contribution in [0.15, 0.2) is 109 Å². The third-order valence-corrected chi connectivity index (χ3v) is 6.60. The van der Waals surface area contributed by atoms with E-state index in [4.69, 9.17) is 4.98 Å². The Hall–Kier alpha value is -4.18. The first-order valence-corrected chi connectivity index (χ1v) is 12.1. The number of aromatic carboxylic acids is 1. The summed E-state index contributed by atoms with van der Waals surface area (Å²) in [5, 5.41) is 9.47. The Bertz CT molecular complexity index is 1370. The molecule has 5 aromatic rings. The minimum atomic E-state index is -0.930. The van der Waals surface area contributed by atoms with Gasteiger partial charge in [-0.1, -0.05) is 91.0 Å². The van der Waals surface area contributed by atoms with Crippen molar-refractivity contribution in [2.75, 3.05) is 0 Å². The SMILES string of the molecule is O=C(O)c1ccc2c(c1)nc(CCc1ccccc1)n2CCC(c1ccccc1)c1ccccc1. The summed E-state index contributed by atoms with van der Waals surface area (Å²) in [5.41, 5.74) is 5.85. The number of fused-ring (bicyclic) bond motifs is 1. The van der Waals surface area contributed by atoms with Gasteiger partial charge in [0.15, 0.2) is 0 Å². The molecule has 0 aliphatic rings. The van der Waals surface area contributed by atoms with E-state index < -0.39 is 5.97 Å². The number of benzene rings is 4. The molecule has 1 aromatic heterocycles. The largest absolute Gasteiger partial charge is 0.478 e. The van der Waals surface area contributed by atoms with Gasteiger partial charge in [0.05, 0.1) is 16.6 Å². The summed E-state index contributed by atoms with van der Waals surface area (Å²) in [6.45, 7) is 0.793. The molecule has 0 radical (unpaired) electrons. The molecule has 0 atom stereocenters. The Labute approximate surface area is 205 Å². The molecule has 174 valence electrons. The van der Waals surface area contributed by atoms with E-state index in [0.29, 0.717) is 0 Å². The number of rotatable bonds is 9. The summed E-state index contributed by atoms with van der Waals surface area (Å²) < 4.78 is 2.28. The van der Waals surface area contributed by atoms with Crippen molar-refractivity contribution >= 4 is 17.0 Å². The minimum Gasteiger partial charge on any atom is -0.478 e. The summed E-state index contributed by atoms with van der Waals surface area (Å²) >= 11 is 0. The lowest BCUT2D eigenvalue weighted by Gasteiger charge is -2.19. The average molecular weight is 461 g/mol. The van der Waals surface area contributed by atoms with Gasteiger partial charge in [-0.25, -0.2) is 9.78 Å². The first-order valence-electron chi connectivity index (χ1n) is 12.1. The van der Waals surface area contributed by atoms with Crippen LogP contribution in [0, 0.1) is 0 Å². The highest BCUT2D eigenvalue weighted by atomic mass is 16.4. The molecule has 1 N–H and O–H groups in total. The van der Waals surface area contributed by atoms with Crippen molar-refractivity contribution in [1.29, 1.82) is 0 Å². The van der Waals surface area contributed by atoms with E-state index in [1.54, 1.807) is 12.1 Å². The Kier molecular flexibility index (Phi) is 6.71. The normalized spacial score (nSPS) is 11.2. The van der Waals surface area contributed by atoms with E-state index in [2.05, 4.69) is 89.5 Å². The molecular formula is C31H28N2O2. The molecular weight excluding hydrogens is 432 g/mol. The zero-order valence-electron chi connectivity index (χ0n) is 19.5. The van der Waals surface area contributed by atoms with Crippen LogP contribution in [-0.2, 0) is 19.4 Å². The van der Waals surface area contributed by atoms with Gasteiger partial charge in [0, 0.05) is 18.9 Å². The van der Waals surface area contributed by atoms with Gasteiger partial charge in [-0.2, -0.15) is 0 Å². The van der Waals surface area contributed by atoms with Gasteiger partial charge < -0.3 is 9.67 Å². The standard InChI is InChI=1S/C31H28N2O2/c34-31(35)26-17-18-29-28(22-26)32-30(19-16-23-10-4-1-5-11-23)33(29)21-20-27(24-12-6-2-7-13-24)25-14-8-3-9-15-25/h1-15,17-18,22,27H,16,19-21H2,(H,34,35). The smallest absolute Gasteiger partial charge is 0.335 e. The number of aromatic nitrogens is 2. The van der Waals surface area contributed by atoms with Crippen LogP contribution in [0.2, 0.25) is 0 Å². The monoisotopic (exact) mass is 460 g/mol. The second-order valence-electron chi connectivity index (χ2n) is 8.84. The number of hydrogen-bond acceptors (Lipinski definition) is 2. The Balaban J connectivity index is 1.48. The molecule has 0 amide bonds. The molecule has 1 heterocycles. The Morgan fingerprint density at radius 2 is 1.37 bits per heavy atom. The third kappa shape index (κ3) is 5.17. The van der Waals surface area contributed by atoms with Gasteiger partial charge >= 0.3 is 5.97 Å². The lowest BCUT2D eigenvalue weighted by atomic mass is 9.88. The van der Waals surface area contributed by atoms with Crippen molar-refractivity contribution in [3.8, 4) is 0 Å². The van der Waals surface area contributed by atoms with Gasteiger partial charge in [-0.3, -0.25) is 0 Å². The maximum Gasteiger partial charge on any atom is 0.335 e. The first-order chi connectivity index (χ1) is 17.2. The van der Waals surface area contributed by atoms with E-state index >= 15 is 0 Å². The fraction of sp³-hybridized carbons (Fsp3) is 0.161. The third-order valence-electron chi connectivity index (χ3n) is 6.60. The first kappa shape index (κ1) is 22.6. The van der Waals surface area contributed by atoms with Gasteiger partial charge in [0.2, 0.25) is 0 Å². The molecule has 4 aromatic carbocycles. The molecule has 0 bridgehead atoms. The molecule has 0 saturated carbocycles. The predicted molar refractivity (Wildman–Crippen MR) is 140 cm³/mol. The number of aryl methyl sites for hydroxylation is 3. The van der Waals surface area contributed by atoms with E-state index in [1.165, 1.54) is 16.7 Å². The topological polar surface area (TPSA) is 55.1 Å². The molecule has 5 rings (SSSR count). The van der Waals surface area contributed by atoms with Crippen molar-refractivity contribution in [3.63, 3.8) is 0 Å². The highest BCUT2D eigenvalue weighted by Crippen LogP contribution is 2.30. The van der Waals surface area contributed by atoms with Crippen LogP contribution in [0.1, 0.15) is 45.2 Å². The van der Waals surface area contributed by atoms with Crippen LogP contribution in [-0.4, -0.2) is 20.6 Å². The van der Waals surface area contributed by atoms with Gasteiger partial charge in [-0.15, -0.1) is 0 Å². The van der Waals surface area contributed by atoms with E-state index in [-0.39, 0.29) is 11.5 Å². The lowest BCUT2D eigenvalue weighted by molar-refractivity contribution is 0.0697. The second kappa shape index (κ2) is 10.4. The molecule has 4 heteroatoms. The van der Waals surface area contributed by atoms with Crippen molar-refractivity contribution in [2.45, 2.75) is 31.7 Å². The maximum absolute atomic E-state index is 11.5. The fourth-order valence-corrected chi connectivity index (χ4v) is 4.81. The Morgan fingerprint density at radius 3 is 1.97 bits per heavy atom. The van der Waals surface area contributed by atoms with Crippen molar-refractivity contribution in [3.05, 3.63) is 137 Å². The molecule has 0 aliphatic heterocycles. The summed E-state index contributed by atoms with van der Waals surface area (Å²) in [6.07, 6.45) is 2.59. The van der Waals surface area contributed by atoms with Crippen LogP contribution in [0.3, 0.4) is 0 Å². The number of hydrogen-bond donors (Lipinski definition) is 1. The second-order valence-corrected chi connectivity index (χ2v) is 8.84. The minimum absolute atomic E-state index is 0.259. The molecule has 0 unspecified atom stereocenters. The van der Waals surface area contributed by atoms with E-state index in [9.17, 15) is 9.90 Å². The highest BCUT2D eigenvalue weighted by Gasteiger charge is 2.18. The van der Waals surface area contributed by atoms with Crippen LogP contribution < -0.4 is 0 Å². The summed E-state index contributed by atoms with van der Waals surface area (Å²) in [5.74, 6) is 0.321. The summed E-state index contributed by atoms with van der Waals surface area (Å²) in [6, 6.07) is 36.9. The highest BCUT2D eigenvalue weighted by molar-refractivity contribution is 5.92. The van der Waals surface area contributed by atoms with Crippen LogP contribution in [0.4, 0.5) is 0 Å². The van der Waals surface area contributed by atoms with Gasteiger partial charge in [0.25, 0.3) is 0 Å². The van der Waals surface area contributed by atoms with Crippen molar-refractivity contribution in [2.24, 2.45) is 0 Å². The summed E-state index contributed by atoms with van der Waals surface area (Å²) in [7, 11) is 0. The zero-order valence-corrected chi connectivity index (χ0v) is 19.5. The van der Waals surface area contributed by atoms with E-state index in [0.717, 1.165) is 42.7 Å². The van der Waals surface area contributed by atoms with Crippen LogP contribution in [0.5, 0.6) is 0 Å². The zero-order chi connectivity index (χ0) is 24.0. The molecule has 0 saturated heterocycles. The maximum atomic E-state index is 11.5. The number of carboxylic acid groups (broad SMARTS) is 1. The summed E-state index contributed by atoms with van der Waals surface area (Å²) in [4.78, 5) is 16.4. The molecule has 4 nitrogen and oxygen atoms in total. The van der Waals surface area contributed by atoms with Crippen LogP contribution >= 0.6 is 0 Å². The van der Waals surface area contributed by atoms with Crippen LogP contribution in [0.25, 0.3) is 11.0 Å². The van der Waals surface area contributed by atoms with Crippen molar-refractivity contribution in [1.82, 2.24) is 9.55 Å².